The van der Waals surface area contributed by atoms with Crippen molar-refractivity contribution >= 4 is 11.8 Å². The fourth-order valence-corrected chi connectivity index (χ4v) is 1.75. The number of rotatable bonds is 1. The zero-order chi connectivity index (χ0) is 12.4. The molecule has 1 unspecified atom stereocenters. The molecule has 1 aliphatic heterocycles. The van der Waals surface area contributed by atoms with Crippen molar-refractivity contribution in [1.82, 2.24) is 15.2 Å². The van der Waals surface area contributed by atoms with Crippen LogP contribution in [0.4, 0.5) is 4.39 Å². The summed E-state index contributed by atoms with van der Waals surface area (Å²) in [6.07, 6.45) is 2.33. The van der Waals surface area contributed by atoms with Crippen molar-refractivity contribution in [3.05, 3.63) is 29.8 Å². The number of carbonyl (C=O) groups is 2. The van der Waals surface area contributed by atoms with E-state index in [1.165, 1.54) is 11.1 Å². The third-order valence-corrected chi connectivity index (χ3v) is 2.71. The van der Waals surface area contributed by atoms with Crippen molar-refractivity contribution in [3.63, 3.8) is 0 Å². The number of piperazine rings is 1. The fourth-order valence-electron chi connectivity index (χ4n) is 1.75. The van der Waals surface area contributed by atoms with Gasteiger partial charge in [-0.05, 0) is 13.0 Å². The Morgan fingerprint density at radius 2 is 2.35 bits per heavy atom. The molecule has 90 valence electrons. The quantitative estimate of drug-likeness (QED) is 0.758. The van der Waals surface area contributed by atoms with E-state index in [2.05, 4.69) is 10.3 Å². The molecular weight excluding hydrogens is 225 g/mol. The topological polar surface area (TPSA) is 62.3 Å². The molecule has 1 fully saturated rings. The maximum Gasteiger partial charge on any atom is 0.256 e. The van der Waals surface area contributed by atoms with Gasteiger partial charge in [-0.15, -0.1) is 0 Å². The normalized spacial score (nSPS) is 20.0. The Kier molecular flexibility index (Phi) is 3.03. The molecule has 0 aliphatic carbocycles. The Morgan fingerprint density at radius 3 is 3.06 bits per heavy atom. The van der Waals surface area contributed by atoms with Crippen molar-refractivity contribution in [1.29, 1.82) is 0 Å². The lowest BCUT2D eigenvalue weighted by atomic mass is 10.1. The van der Waals surface area contributed by atoms with E-state index in [9.17, 15) is 14.0 Å². The molecule has 2 amide bonds. The molecule has 0 saturated carbocycles. The second kappa shape index (κ2) is 4.48. The number of nitrogens with one attached hydrogen (secondary N) is 1. The number of nitrogens with zero attached hydrogens (tertiary/aromatic N) is 2. The molecule has 1 saturated heterocycles. The van der Waals surface area contributed by atoms with Crippen molar-refractivity contribution in [2.24, 2.45) is 0 Å². The molecule has 1 N–H and O–H groups in total. The van der Waals surface area contributed by atoms with Gasteiger partial charge in [0.1, 0.15) is 11.9 Å². The lowest BCUT2D eigenvalue weighted by Crippen LogP contribution is -2.55. The van der Waals surface area contributed by atoms with E-state index >= 15 is 0 Å². The summed E-state index contributed by atoms with van der Waals surface area (Å²) in [5.41, 5.74) is 0.159. The van der Waals surface area contributed by atoms with Gasteiger partial charge in [0.2, 0.25) is 5.91 Å². The lowest BCUT2D eigenvalue weighted by Gasteiger charge is -2.32. The van der Waals surface area contributed by atoms with E-state index in [-0.39, 0.29) is 17.4 Å². The number of amides is 2. The number of aromatic nitrogens is 1. The molecule has 1 aromatic rings. The van der Waals surface area contributed by atoms with Gasteiger partial charge < -0.3 is 10.2 Å². The van der Waals surface area contributed by atoms with Crippen molar-refractivity contribution in [2.75, 3.05) is 13.1 Å². The molecule has 0 bridgehead atoms. The predicted molar refractivity (Wildman–Crippen MR) is 57.7 cm³/mol. The largest absolute Gasteiger partial charge is 0.353 e. The third-order valence-electron chi connectivity index (χ3n) is 2.71. The van der Waals surface area contributed by atoms with Gasteiger partial charge in [0.05, 0.1) is 11.8 Å². The summed E-state index contributed by atoms with van der Waals surface area (Å²) in [5, 5.41) is 2.66. The van der Waals surface area contributed by atoms with Crippen LogP contribution >= 0.6 is 0 Å². The van der Waals surface area contributed by atoms with Gasteiger partial charge in [0, 0.05) is 19.3 Å². The first-order chi connectivity index (χ1) is 8.09. The molecule has 2 rings (SSSR count). The monoisotopic (exact) mass is 237 g/mol. The van der Waals surface area contributed by atoms with Gasteiger partial charge in [-0.3, -0.25) is 14.6 Å². The summed E-state index contributed by atoms with van der Waals surface area (Å²) in [5.74, 6) is -1.14. The van der Waals surface area contributed by atoms with Gasteiger partial charge in [-0.1, -0.05) is 0 Å². The molecule has 5 nitrogen and oxygen atoms in total. The van der Waals surface area contributed by atoms with E-state index in [0.717, 1.165) is 12.3 Å². The standard InChI is InChI=1S/C11H12FN3O2/c1-7-10(16)14-2-3-15(7)11(17)8-4-9(12)6-13-5-8/h4-7H,2-3H2,1H3,(H,14,16). The summed E-state index contributed by atoms with van der Waals surface area (Å²) in [7, 11) is 0. The number of hydrogen-bond acceptors (Lipinski definition) is 3. The second-order valence-electron chi connectivity index (χ2n) is 3.86. The number of halogens is 1. The molecule has 1 aromatic heterocycles. The molecule has 2 heterocycles. The van der Waals surface area contributed by atoms with Crippen LogP contribution in [-0.4, -0.2) is 40.8 Å². The Morgan fingerprint density at radius 1 is 1.59 bits per heavy atom. The van der Waals surface area contributed by atoms with Crippen molar-refractivity contribution < 1.29 is 14.0 Å². The summed E-state index contributed by atoms with van der Waals surface area (Å²) >= 11 is 0. The molecule has 17 heavy (non-hydrogen) atoms. The molecule has 6 heteroatoms. The van der Waals surface area contributed by atoms with Gasteiger partial charge >= 0.3 is 0 Å². The highest BCUT2D eigenvalue weighted by Gasteiger charge is 2.30. The van der Waals surface area contributed by atoms with Crippen LogP contribution < -0.4 is 5.32 Å². The minimum Gasteiger partial charge on any atom is -0.353 e. The van der Waals surface area contributed by atoms with E-state index < -0.39 is 11.9 Å². The van der Waals surface area contributed by atoms with Crippen LogP contribution in [0, 0.1) is 5.82 Å². The van der Waals surface area contributed by atoms with Gasteiger partial charge in [-0.25, -0.2) is 4.39 Å². The van der Waals surface area contributed by atoms with Crippen molar-refractivity contribution in [2.45, 2.75) is 13.0 Å². The van der Waals surface area contributed by atoms with Crippen LogP contribution in [0.1, 0.15) is 17.3 Å². The van der Waals surface area contributed by atoms with Crippen LogP contribution in [0.2, 0.25) is 0 Å². The fraction of sp³-hybridized carbons (Fsp3) is 0.364. The third kappa shape index (κ3) is 2.25. The van der Waals surface area contributed by atoms with E-state index in [4.69, 9.17) is 0 Å². The maximum atomic E-state index is 13.0. The van der Waals surface area contributed by atoms with Crippen LogP contribution in [0.15, 0.2) is 18.5 Å². The lowest BCUT2D eigenvalue weighted by molar-refractivity contribution is -0.127. The first-order valence-electron chi connectivity index (χ1n) is 5.29. The highest BCUT2D eigenvalue weighted by molar-refractivity contribution is 5.97. The number of carbonyl (C=O) groups excluding carboxylic acids is 2. The Hall–Kier alpha value is -1.98. The van der Waals surface area contributed by atoms with Crippen molar-refractivity contribution in [3.8, 4) is 0 Å². The van der Waals surface area contributed by atoms with Gasteiger partial charge in [0.25, 0.3) is 5.91 Å². The summed E-state index contributed by atoms with van der Waals surface area (Å²) in [4.78, 5) is 28.5. The highest BCUT2D eigenvalue weighted by Crippen LogP contribution is 2.11. The molecular formula is C11H12FN3O2. The predicted octanol–water partition coefficient (Wildman–Crippen LogP) is 0.181. The minimum absolute atomic E-state index is 0.159. The van der Waals surface area contributed by atoms with Gasteiger partial charge in [0.15, 0.2) is 0 Å². The zero-order valence-electron chi connectivity index (χ0n) is 9.31. The van der Waals surface area contributed by atoms with E-state index in [1.54, 1.807) is 6.92 Å². The number of pyridine rings is 1. The Labute approximate surface area is 97.6 Å². The molecule has 1 atom stereocenters. The molecule has 1 aliphatic rings. The van der Waals surface area contributed by atoms with Gasteiger partial charge in [-0.2, -0.15) is 0 Å². The van der Waals surface area contributed by atoms with Crippen LogP contribution in [0.25, 0.3) is 0 Å². The Balaban J connectivity index is 2.22. The average molecular weight is 237 g/mol. The zero-order valence-corrected chi connectivity index (χ0v) is 9.31. The van der Waals surface area contributed by atoms with Crippen LogP contribution in [0.3, 0.4) is 0 Å². The molecule has 0 aromatic carbocycles. The minimum atomic E-state index is -0.565. The first-order valence-corrected chi connectivity index (χ1v) is 5.29. The van der Waals surface area contributed by atoms with Crippen LogP contribution in [-0.2, 0) is 4.79 Å². The summed E-state index contributed by atoms with van der Waals surface area (Å²) in [6, 6.07) is 0.577. The molecule has 0 radical (unpaired) electrons. The highest BCUT2D eigenvalue weighted by atomic mass is 19.1. The first kappa shape index (κ1) is 11.5. The summed E-state index contributed by atoms with van der Waals surface area (Å²) < 4.78 is 13.0. The molecule has 0 spiro atoms. The SMILES string of the molecule is CC1C(=O)NCCN1C(=O)c1cncc(F)c1. The summed E-state index contributed by atoms with van der Waals surface area (Å²) in [6.45, 7) is 2.47. The Bertz CT molecular complexity index is 464. The average Bonchev–Trinajstić information content (AvgIpc) is 2.32. The number of hydrogen-bond donors (Lipinski definition) is 1. The van der Waals surface area contributed by atoms with E-state index in [1.807, 2.05) is 0 Å². The van der Waals surface area contributed by atoms with E-state index in [0.29, 0.717) is 13.1 Å². The second-order valence-corrected chi connectivity index (χ2v) is 3.86. The van der Waals surface area contributed by atoms with Crippen LogP contribution in [0.5, 0.6) is 0 Å². The maximum absolute atomic E-state index is 13.0. The smallest absolute Gasteiger partial charge is 0.256 e.